The Kier molecular flexibility index (Phi) is 10.8. The van der Waals surface area contributed by atoms with Crippen molar-refractivity contribution in [2.45, 2.75) is 75.6 Å². The molecule has 15 heteroatoms. The number of piperidine rings is 2. The van der Waals surface area contributed by atoms with E-state index >= 15 is 0 Å². The van der Waals surface area contributed by atoms with E-state index in [1.165, 1.54) is 0 Å². The quantitative estimate of drug-likeness (QED) is 0.253. The van der Waals surface area contributed by atoms with Crippen molar-refractivity contribution in [3.05, 3.63) is 0 Å². The Morgan fingerprint density at radius 1 is 0.705 bits per heavy atom. The van der Waals surface area contributed by atoms with E-state index in [0.717, 1.165) is 45.2 Å². The highest BCUT2D eigenvalue weighted by atomic mass is 32.2. The fraction of sp³-hybridized carbons (Fsp3) is 0.897. The van der Waals surface area contributed by atoms with Crippen LogP contribution in [0.25, 0.3) is 0 Å². The lowest BCUT2D eigenvalue weighted by atomic mass is 10.1. The molecule has 0 aromatic heterocycles. The lowest BCUT2D eigenvalue weighted by Gasteiger charge is -2.34. The van der Waals surface area contributed by atoms with Crippen LogP contribution >= 0.6 is 0 Å². The number of ether oxygens (including phenoxy) is 2. The summed E-state index contributed by atoms with van der Waals surface area (Å²) in [4.78, 5) is 42.7. The Balaban J connectivity index is 0.827. The van der Waals surface area contributed by atoms with E-state index in [1.54, 1.807) is 9.80 Å². The third-order valence-electron chi connectivity index (χ3n) is 10.1. The van der Waals surface area contributed by atoms with Crippen molar-refractivity contribution in [3.63, 3.8) is 0 Å². The second-order valence-electron chi connectivity index (χ2n) is 13.4. The van der Waals surface area contributed by atoms with Crippen LogP contribution in [0.4, 0.5) is 14.4 Å². The Morgan fingerprint density at radius 2 is 1.18 bits per heavy atom. The van der Waals surface area contributed by atoms with E-state index < -0.39 is 45.2 Å². The molecule has 0 spiro atoms. The van der Waals surface area contributed by atoms with Crippen molar-refractivity contribution in [2.75, 3.05) is 56.5 Å². The molecular formula is C29H45N3O9S3. The summed E-state index contributed by atoms with van der Waals surface area (Å²) in [5.41, 5.74) is -0.859. The first-order valence-corrected chi connectivity index (χ1v) is 20.2. The number of likely N-dealkylation sites (tertiary alicyclic amines) is 3. The smallest absolute Gasteiger partial charge is 0.508 e. The van der Waals surface area contributed by atoms with E-state index in [1.807, 2.05) is 4.90 Å². The predicted molar refractivity (Wildman–Crippen MR) is 165 cm³/mol. The zero-order valence-corrected chi connectivity index (χ0v) is 27.6. The maximum Gasteiger partial charge on any atom is 0.508 e. The molecule has 2 amide bonds. The fourth-order valence-electron chi connectivity index (χ4n) is 6.73. The minimum absolute atomic E-state index is 0.258. The van der Waals surface area contributed by atoms with Crippen molar-refractivity contribution < 1.29 is 42.6 Å². The lowest BCUT2D eigenvalue weighted by Crippen LogP contribution is -2.49. The number of aliphatic hydroxyl groups is 1. The molecule has 6 rings (SSSR count). The summed E-state index contributed by atoms with van der Waals surface area (Å²) in [6.45, 7) is 3.14. The van der Waals surface area contributed by atoms with Crippen LogP contribution in [0.15, 0.2) is 0 Å². The second-order valence-corrected chi connectivity index (χ2v) is 17.7. The van der Waals surface area contributed by atoms with Gasteiger partial charge in [-0.05, 0) is 55.1 Å². The molecule has 0 aromatic rings. The third kappa shape index (κ3) is 8.50. The maximum absolute atomic E-state index is 12.9. The predicted octanol–water partition coefficient (Wildman–Crippen LogP) is 2.22. The van der Waals surface area contributed by atoms with Crippen LogP contribution in [0.5, 0.6) is 0 Å². The number of nitrogens with zero attached hydrogens (tertiary/aromatic N) is 3. The Morgan fingerprint density at radius 3 is 1.64 bits per heavy atom. The summed E-state index contributed by atoms with van der Waals surface area (Å²) in [6.07, 6.45) is 5.46. The number of aliphatic hydroxyl groups excluding tert-OH is 1. The van der Waals surface area contributed by atoms with Gasteiger partial charge in [0.05, 0.1) is 0 Å². The van der Waals surface area contributed by atoms with E-state index in [9.17, 15) is 33.1 Å². The van der Waals surface area contributed by atoms with Crippen LogP contribution in [-0.4, -0.2) is 124 Å². The normalized spacial score (nSPS) is 32.3. The van der Waals surface area contributed by atoms with Crippen molar-refractivity contribution in [1.29, 1.82) is 0 Å². The van der Waals surface area contributed by atoms with Gasteiger partial charge in [0.1, 0.15) is 29.5 Å². The summed E-state index contributed by atoms with van der Waals surface area (Å²) >= 11 is -4.35. The Labute approximate surface area is 268 Å². The molecule has 6 aliphatic rings. The summed E-state index contributed by atoms with van der Waals surface area (Å²) in [5, 5.41) is 9.51. The molecule has 0 radical (unpaired) electrons. The average molecular weight is 676 g/mol. The van der Waals surface area contributed by atoms with Gasteiger partial charge in [-0.1, -0.05) is 0 Å². The fourth-order valence-corrected chi connectivity index (χ4v) is 11.0. The van der Waals surface area contributed by atoms with E-state index in [0.29, 0.717) is 92.8 Å². The van der Waals surface area contributed by atoms with Gasteiger partial charge < -0.3 is 28.2 Å². The highest BCUT2D eigenvalue weighted by Gasteiger charge is 2.57. The zero-order valence-electron chi connectivity index (χ0n) is 25.1. The minimum atomic E-state index is -1.60. The molecule has 3 heterocycles. The molecule has 8 atom stereocenters. The van der Waals surface area contributed by atoms with Gasteiger partial charge in [-0.3, -0.25) is 9.80 Å². The molecule has 3 aliphatic carbocycles. The summed E-state index contributed by atoms with van der Waals surface area (Å²) in [6, 6.07) is 0. The summed E-state index contributed by atoms with van der Waals surface area (Å²) in [5.74, 6) is 3.24. The van der Waals surface area contributed by atoms with Gasteiger partial charge in [0.25, 0.3) is 5.56 Å². The summed E-state index contributed by atoms with van der Waals surface area (Å²) < 4.78 is 48.5. The van der Waals surface area contributed by atoms with Gasteiger partial charge in [0.2, 0.25) is 0 Å². The lowest BCUT2D eigenvalue weighted by molar-refractivity contribution is -0.0258. The van der Waals surface area contributed by atoms with Gasteiger partial charge in [-0.2, -0.15) is 0 Å². The van der Waals surface area contributed by atoms with Gasteiger partial charge in [-0.25, -0.2) is 19.3 Å². The van der Waals surface area contributed by atoms with E-state index in [4.69, 9.17) is 9.47 Å². The van der Waals surface area contributed by atoms with Crippen LogP contribution < -0.4 is 0 Å². The average Bonchev–Trinajstić information content (AvgIpc) is 3.85. The molecule has 1 N–H and O–H groups in total. The van der Waals surface area contributed by atoms with Crippen LogP contribution in [0.3, 0.4) is 0 Å². The maximum atomic E-state index is 12.9. The molecule has 248 valence electrons. The topological polar surface area (TPSA) is 169 Å². The van der Waals surface area contributed by atoms with Crippen molar-refractivity contribution in [2.24, 2.45) is 29.6 Å². The van der Waals surface area contributed by atoms with Crippen molar-refractivity contribution >= 4 is 50.2 Å². The highest BCUT2D eigenvalue weighted by molar-refractivity contribution is 8.06. The molecule has 3 saturated heterocycles. The Bertz CT molecular complexity index is 1040. The molecule has 0 bridgehead atoms. The van der Waals surface area contributed by atoms with Crippen molar-refractivity contribution in [1.82, 2.24) is 14.7 Å². The van der Waals surface area contributed by atoms with Gasteiger partial charge in [0, 0.05) is 105 Å². The highest BCUT2D eigenvalue weighted by Crippen LogP contribution is 2.58. The standard InChI is InChI=1S/C29H45N3O9S3/c33-26(30-8-1-9-30)43(38)17-20-14-24(20)25-15-21(25)18-44(39)28(35)32-12-6-23(7-13-32)41-29(36)40-22-4-10-31(11-5-22)27(34)42(37)16-19-2-3-19/h19-26,33H,1-18H2. The first-order chi connectivity index (χ1) is 21.2. The van der Waals surface area contributed by atoms with Gasteiger partial charge in [0.15, 0.2) is 0 Å². The number of rotatable bonds is 11. The number of hydrogen-bond acceptors (Lipinski definition) is 10. The van der Waals surface area contributed by atoms with Crippen LogP contribution in [0.1, 0.15) is 57.8 Å². The third-order valence-corrected chi connectivity index (χ3v) is 14.4. The first kappa shape index (κ1) is 33.0. The van der Waals surface area contributed by atoms with Crippen LogP contribution in [0.2, 0.25) is 0 Å². The number of carbonyl (C=O) groups is 3. The van der Waals surface area contributed by atoms with Crippen LogP contribution in [-0.2, 0) is 43.0 Å². The number of hydrogen-bond donors (Lipinski definition) is 1. The minimum Gasteiger partial charge on any atom is -0.613 e. The molecule has 6 fully saturated rings. The van der Waals surface area contributed by atoms with E-state index in [-0.39, 0.29) is 28.6 Å². The Hall–Kier alpha value is -0.940. The molecule has 44 heavy (non-hydrogen) atoms. The van der Waals surface area contributed by atoms with E-state index in [2.05, 4.69) is 0 Å². The zero-order chi connectivity index (χ0) is 31.0. The molecular weight excluding hydrogens is 631 g/mol. The molecule has 8 unspecified atom stereocenters. The summed E-state index contributed by atoms with van der Waals surface area (Å²) in [7, 11) is 0. The molecule has 0 aromatic carbocycles. The van der Waals surface area contributed by atoms with Crippen molar-refractivity contribution in [3.8, 4) is 0 Å². The van der Waals surface area contributed by atoms with Gasteiger partial charge >= 0.3 is 16.6 Å². The largest absolute Gasteiger partial charge is 0.613 e. The van der Waals surface area contributed by atoms with Gasteiger partial charge in [-0.15, -0.1) is 0 Å². The monoisotopic (exact) mass is 675 g/mol. The SMILES string of the molecule is O=C(OC1CCN(C(=O)[S+]([O-])CC2CC2)CC1)OC1CCN(C(=O)[S+]([O-])CC2CC2C2CC2C[S+]([O-])C(O)N2CCC2)CC1. The molecule has 3 saturated carbocycles. The first-order valence-electron chi connectivity index (χ1n) is 16.2. The van der Waals surface area contributed by atoms with Crippen LogP contribution in [0, 0.1) is 29.6 Å². The number of amides is 2. The second kappa shape index (κ2) is 14.4. The molecule has 3 aliphatic heterocycles. The number of carbonyl (C=O) groups excluding carboxylic acids is 3. The molecule has 12 nitrogen and oxygen atoms in total.